The quantitative estimate of drug-likeness (QED) is 0.549. The fourth-order valence-electron chi connectivity index (χ4n) is 3.20. The Morgan fingerprint density at radius 1 is 0.862 bits per heavy atom. The lowest BCUT2D eigenvalue weighted by Crippen LogP contribution is -2.33. The minimum atomic E-state index is -3.57. The molecule has 0 heterocycles. The molecule has 29 heavy (non-hydrogen) atoms. The van der Waals surface area contributed by atoms with Crippen LogP contribution in [-0.2, 0) is 10.0 Å². The molecule has 4 nitrogen and oxygen atoms in total. The number of benzene rings is 3. The third-order valence-corrected chi connectivity index (χ3v) is 6.54. The standard InChI is InChI=1S/C23H25ClN2O2S/c1-17-8-12-21(13-9-17)29(27,28)25-14-15-26(22-7-5-4-6-18(22)2)23-16-20(24)11-10-19(23)3/h4-13,16,25H,14-15H2,1-3H3. The second-order valence-corrected chi connectivity index (χ2v) is 9.28. The predicted octanol–water partition coefficient (Wildman–Crippen LogP) is 5.38. The number of hydrogen-bond acceptors (Lipinski definition) is 3. The summed E-state index contributed by atoms with van der Waals surface area (Å²) in [6, 6.07) is 20.6. The summed E-state index contributed by atoms with van der Waals surface area (Å²) in [6.45, 7) is 6.72. The summed E-state index contributed by atoms with van der Waals surface area (Å²) in [6.07, 6.45) is 0. The maximum Gasteiger partial charge on any atom is 0.240 e. The van der Waals surface area contributed by atoms with Crippen molar-refractivity contribution in [3.63, 3.8) is 0 Å². The molecule has 0 bridgehead atoms. The van der Waals surface area contributed by atoms with Gasteiger partial charge in [0.1, 0.15) is 0 Å². The van der Waals surface area contributed by atoms with Crippen molar-refractivity contribution in [2.24, 2.45) is 0 Å². The largest absolute Gasteiger partial charge is 0.340 e. The number of aryl methyl sites for hydroxylation is 3. The summed E-state index contributed by atoms with van der Waals surface area (Å²) >= 11 is 6.25. The van der Waals surface area contributed by atoms with E-state index >= 15 is 0 Å². The average Bonchev–Trinajstić information content (AvgIpc) is 2.68. The number of halogens is 1. The van der Waals surface area contributed by atoms with E-state index in [-0.39, 0.29) is 11.4 Å². The third-order valence-electron chi connectivity index (χ3n) is 4.83. The molecule has 3 rings (SSSR count). The Hall–Kier alpha value is -2.34. The van der Waals surface area contributed by atoms with Crippen LogP contribution in [0.2, 0.25) is 5.02 Å². The van der Waals surface area contributed by atoms with E-state index in [0.717, 1.165) is 28.1 Å². The van der Waals surface area contributed by atoms with Gasteiger partial charge in [0.2, 0.25) is 10.0 Å². The number of anilines is 2. The molecule has 0 radical (unpaired) electrons. The van der Waals surface area contributed by atoms with Crippen molar-refractivity contribution in [3.05, 3.63) is 88.4 Å². The van der Waals surface area contributed by atoms with Crippen molar-refractivity contribution in [2.75, 3.05) is 18.0 Å². The van der Waals surface area contributed by atoms with Crippen LogP contribution in [0.15, 0.2) is 71.6 Å². The SMILES string of the molecule is Cc1ccc(S(=O)(=O)NCCN(c2ccccc2C)c2cc(Cl)ccc2C)cc1. The van der Waals surface area contributed by atoms with Crippen LogP contribution in [0.4, 0.5) is 11.4 Å². The Balaban J connectivity index is 1.85. The molecule has 0 atom stereocenters. The lowest BCUT2D eigenvalue weighted by atomic mass is 10.1. The summed E-state index contributed by atoms with van der Waals surface area (Å²) in [7, 11) is -3.57. The predicted molar refractivity (Wildman–Crippen MR) is 121 cm³/mol. The van der Waals surface area contributed by atoms with E-state index in [0.29, 0.717) is 11.6 Å². The Bertz CT molecular complexity index is 1100. The molecule has 1 N–H and O–H groups in total. The minimum Gasteiger partial charge on any atom is -0.340 e. The van der Waals surface area contributed by atoms with Crippen LogP contribution in [0, 0.1) is 20.8 Å². The van der Waals surface area contributed by atoms with Crippen LogP contribution in [0.1, 0.15) is 16.7 Å². The Morgan fingerprint density at radius 2 is 1.52 bits per heavy atom. The molecule has 0 fully saturated rings. The number of rotatable bonds is 7. The maximum absolute atomic E-state index is 12.6. The monoisotopic (exact) mass is 428 g/mol. The van der Waals surface area contributed by atoms with Crippen LogP contribution >= 0.6 is 11.6 Å². The van der Waals surface area contributed by atoms with Gasteiger partial charge in [0.25, 0.3) is 0 Å². The lowest BCUT2D eigenvalue weighted by Gasteiger charge is -2.28. The maximum atomic E-state index is 12.6. The van der Waals surface area contributed by atoms with Gasteiger partial charge in [-0.25, -0.2) is 13.1 Å². The molecule has 0 saturated heterocycles. The highest BCUT2D eigenvalue weighted by Crippen LogP contribution is 2.32. The first-order valence-corrected chi connectivity index (χ1v) is 11.3. The van der Waals surface area contributed by atoms with E-state index in [9.17, 15) is 8.42 Å². The lowest BCUT2D eigenvalue weighted by molar-refractivity contribution is 0.582. The fourth-order valence-corrected chi connectivity index (χ4v) is 4.39. The van der Waals surface area contributed by atoms with Crippen molar-refractivity contribution in [3.8, 4) is 0 Å². The van der Waals surface area contributed by atoms with Gasteiger partial charge in [0.05, 0.1) is 4.90 Å². The van der Waals surface area contributed by atoms with Gasteiger partial charge in [-0.15, -0.1) is 0 Å². The zero-order valence-corrected chi connectivity index (χ0v) is 18.4. The molecule has 0 amide bonds. The van der Waals surface area contributed by atoms with Crippen molar-refractivity contribution >= 4 is 33.0 Å². The van der Waals surface area contributed by atoms with Crippen LogP contribution in [0.5, 0.6) is 0 Å². The van der Waals surface area contributed by atoms with Gasteiger partial charge >= 0.3 is 0 Å². The number of hydrogen-bond donors (Lipinski definition) is 1. The zero-order valence-electron chi connectivity index (χ0n) is 16.8. The van der Waals surface area contributed by atoms with Crippen molar-refractivity contribution in [1.29, 1.82) is 0 Å². The topological polar surface area (TPSA) is 49.4 Å². The van der Waals surface area contributed by atoms with Gasteiger partial charge in [-0.3, -0.25) is 0 Å². The Morgan fingerprint density at radius 3 is 2.21 bits per heavy atom. The second kappa shape index (κ2) is 8.99. The molecule has 6 heteroatoms. The summed E-state index contributed by atoms with van der Waals surface area (Å²) in [5, 5.41) is 0.643. The second-order valence-electron chi connectivity index (χ2n) is 7.08. The van der Waals surface area contributed by atoms with Gasteiger partial charge < -0.3 is 4.90 Å². The third kappa shape index (κ3) is 5.18. The highest BCUT2D eigenvalue weighted by atomic mass is 35.5. The zero-order chi connectivity index (χ0) is 21.0. The Labute approximate surface area is 178 Å². The molecule has 152 valence electrons. The molecule has 0 saturated carbocycles. The van der Waals surface area contributed by atoms with E-state index in [4.69, 9.17) is 11.6 Å². The molecule has 3 aromatic carbocycles. The van der Waals surface area contributed by atoms with Crippen LogP contribution in [0.25, 0.3) is 0 Å². The summed E-state index contributed by atoms with van der Waals surface area (Å²) in [4.78, 5) is 2.37. The van der Waals surface area contributed by atoms with Gasteiger partial charge in [-0.1, -0.05) is 53.6 Å². The van der Waals surface area contributed by atoms with Gasteiger partial charge in [0.15, 0.2) is 0 Å². The van der Waals surface area contributed by atoms with Crippen LogP contribution in [0.3, 0.4) is 0 Å². The summed E-state index contributed by atoms with van der Waals surface area (Å²) in [5.74, 6) is 0. The first kappa shape index (κ1) is 21.4. The first-order chi connectivity index (χ1) is 13.8. The highest BCUT2D eigenvalue weighted by Gasteiger charge is 2.17. The van der Waals surface area contributed by atoms with Crippen molar-refractivity contribution < 1.29 is 8.42 Å². The van der Waals surface area contributed by atoms with Gasteiger partial charge in [-0.2, -0.15) is 0 Å². The smallest absolute Gasteiger partial charge is 0.240 e. The van der Waals surface area contributed by atoms with Crippen molar-refractivity contribution in [1.82, 2.24) is 4.72 Å². The molecule has 0 aromatic heterocycles. The number of nitrogens with zero attached hydrogens (tertiary/aromatic N) is 1. The first-order valence-electron chi connectivity index (χ1n) is 9.43. The summed E-state index contributed by atoms with van der Waals surface area (Å²) in [5.41, 5.74) is 5.17. The molecule has 0 aliphatic rings. The molecule has 0 spiro atoms. The van der Waals surface area contributed by atoms with E-state index in [1.807, 2.05) is 63.2 Å². The normalized spacial score (nSPS) is 11.4. The van der Waals surface area contributed by atoms with E-state index < -0.39 is 10.0 Å². The van der Waals surface area contributed by atoms with E-state index in [1.165, 1.54) is 0 Å². The molecular formula is C23H25ClN2O2S. The summed E-state index contributed by atoms with van der Waals surface area (Å²) < 4.78 is 28.0. The molecule has 0 aliphatic carbocycles. The molecule has 3 aromatic rings. The van der Waals surface area contributed by atoms with Gasteiger partial charge in [-0.05, 0) is 62.2 Å². The molecule has 0 unspecified atom stereocenters. The van der Waals surface area contributed by atoms with E-state index in [1.54, 1.807) is 24.3 Å². The highest BCUT2D eigenvalue weighted by molar-refractivity contribution is 7.89. The average molecular weight is 429 g/mol. The molecule has 0 aliphatic heterocycles. The fraction of sp³-hybridized carbons (Fsp3) is 0.217. The minimum absolute atomic E-state index is 0.260. The number of sulfonamides is 1. The van der Waals surface area contributed by atoms with Crippen LogP contribution < -0.4 is 9.62 Å². The van der Waals surface area contributed by atoms with Gasteiger partial charge in [0, 0.05) is 29.5 Å². The number of nitrogens with one attached hydrogen (secondary N) is 1. The van der Waals surface area contributed by atoms with E-state index in [2.05, 4.69) is 9.62 Å². The molecular weight excluding hydrogens is 404 g/mol. The Kier molecular flexibility index (Phi) is 6.63. The van der Waals surface area contributed by atoms with Crippen molar-refractivity contribution in [2.45, 2.75) is 25.7 Å². The van der Waals surface area contributed by atoms with Crippen LogP contribution in [-0.4, -0.2) is 21.5 Å². The number of para-hydroxylation sites is 1.